The van der Waals surface area contributed by atoms with Crippen LogP contribution in [0.3, 0.4) is 0 Å². The molecule has 1 amide bonds. The topological polar surface area (TPSA) is 66.0 Å². The van der Waals surface area contributed by atoms with Gasteiger partial charge < -0.3 is 5.73 Å². The Labute approximate surface area is 115 Å². The first-order chi connectivity index (χ1) is 9.33. The van der Waals surface area contributed by atoms with E-state index in [-0.39, 0.29) is 5.91 Å². The van der Waals surface area contributed by atoms with Gasteiger partial charge in [-0.05, 0) is 24.8 Å². The van der Waals surface area contributed by atoms with Crippen LogP contribution in [0.5, 0.6) is 0 Å². The smallest absolute Gasteiger partial charge is 0.243 e. The first-order valence-corrected chi connectivity index (χ1v) is 7.06. The lowest BCUT2D eigenvalue weighted by Gasteiger charge is -2.05. The van der Waals surface area contributed by atoms with E-state index in [0.717, 1.165) is 24.9 Å². The van der Waals surface area contributed by atoms with E-state index in [2.05, 4.69) is 11.2 Å². The standard InChI is InChI=1S/C15H24N2O2/c16-12-8-3-1-2-7-11-15(18)17-19-13-14-9-5-4-6-10-14/h4-6,9-10H,1-3,7-8,11-13,16H2,(H,17,18)/p+1. The molecule has 19 heavy (non-hydrogen) atoms. The largest absolute Gasteiger partial charge is 0.358 e. The number of hydrogen-bond donors (Lipinski definition) is 2. The van der Waals surface area contributed by atoms with Gasteiger partial charge in [0, 0.05) is 6.42 Å². The first-order valence-electron chi connectivity index (χ1n) is 7.06. The summed E-state index contributed by atoms with van der Waals surface area (Å²) in [6, 6.07) is 9.79. The number of nitrogens with one attached hydrogen (secondary N) is 1. The second-order valence-corrected chi connectivity index (χ2v) is 4.67. The van der Waals surface area contributed by atoms with Crippen molar-refractivity contribution < 1.29 is 15.4 Å². The molecule has 1 rings (SSSR count). The van der Waals surface area contributed by atoms with Crippen molar-refractivity contribution in [1.82, 2.24) is 5.48 Å². The normalized spacial score (nSPS) is 10.4. The number of amides is 1. The quantitative estimate of drug-likeness (QED) is 0.500. The predicted molar refractivity (Wildman–Crippen MR) is 74.8 cm³/mol. The number of hydrogen-bond acceptors (Lipinski definition) is 2. The van der Waals surface area contributed by atoms with Crippen LogP contribution in [-0.4, -0.2) is 12.5 Å². The molecule has 4 N–H and O–H groups in total. The Hall–Kier alpha value is -1.39. The molecule has 0 aliphatic carbocycles. The summed E-state index contributed by atoms with van der Waals surface area (Å²) < 4.78 is 0. The van der Waals surface area contributed by atoms with Crippen molar-refractivity contribution in [3.8, 4) is 0 Å². The monoisotopic (exact) mass is 265 g/mol. The molecule has 0 atom stereocenters. The van der Waals surface area contributed by atoms with Gasteiger partial charge in [-0.3, -0.25) is 9.63 Å². The minimum atomic E-state index is -0.0342. The van der Waals surface area contributed by atoms with Crippen molar-refractivity contribution in [3.05, 3.63) is 35.9 Å². The Balaban J connectivity index is 1.96. The number of hydroxylamine groups is 1. The van der Waals surface area contributed by atoms with Crippen molar-refractivity contribution in [2.45, 2.75) is 45.1 Å². The van der Waals surface area contributed by atoms with Crippen LogP contribution in [0.1, 0.15) is 44.1 Å². The summed E-state index contributed by atoms with van der Waals surface area (Å²) in [4.78, 5) is 16.6. The maximum absolute atomic E-state index is 11.5. The van der Waals surface area contributed by atoms with Crippen LogP contribution >= 0.6 is 0 Å². The molecule has 0 bridgehead atoms. The predicted octanol–water partition coefficient (Wildman–Crippen LogP) is 1.82. The lowest BCUT2D eigenvalue weighted by Crippen LogP contribution is -2.50. The third-order valence-corrected chi connectivity index (χ3v) is 2.92. The summed E-state index contributed by atoms with van der Waals surface area (Å²) in [5.74, 6) is -0.0342. The second kappa shape index (κ2) is 10.5. The Bertz CT molecular complexity index is 341. The fourth-order valence-electron chi connectivity index (χ4n) is 1.82. The highest BCUT2D eigenvalue weighted by atomic mass is 16.6. The summed E-state index contributed by atoms with van der Waals surface area (Å²) >= 11 is 0. The van der Waals surface area contributed by atoms with E-state index in [9.17, 15) is 4.79 Å². The van der Waals surface area contributed by atoms with Crippen LogP contribution in [0.4, 0.5) is 0 Å². The number of carbonyl (C=O) groups is 1. The highest BCUT2D eigenvalue weighted by Gasteiger charge is 2.01. The van der Waals surface area contributed by atoms with E-state index in [1.165, 1.54) is 19.3 Å². The Morgan fingerprint density at radius 1 is 1.05 bits per heavy atom. The maximum Gasteiger partial charge on any atom is 0.243 e. The van der Waals surface area contributed by atoms with Crippen molar-refractivity contribution >= 4 is 5.91 Å². The van der Waals surface area contributed by atoms with Gasteiger partial charge in [-0.15, -0.1) is 0 Å². The lowest BCUT2D eigenvalue weighted by atomic mass is 10.1. The van der Waals surface area contributed by atoms with E-state index in [1.54, 1.807) is 0 Å². The van der Waals surface area contributed by atoms with Crippen molar-refractivity contribution in [2.75, 3.05) is 6.54 Å². The molecular weight excluding hydrogens is 240 g/mol. The van der Waals surface area contributed by atoms with Crippen LogP contribution < -0.4 is 11.2 Å². The van der Waals surface area contributed by atoms with Gasteiger partial charge in [0.15, 0.2) is 0 Å². The van der Waals surface area contributed by atoms with E-state index in [0.29, 0.717) is 13.0 Å². The van der Waals surface area contributed by atoms with Gasteiger partial charge in [-0.2, -0.15) is 0 Å². The highest BCUT2D eigenvalue weighted by molar-refractivity contribution is 5.74. The SMILES string of the molecule is [NH3+]CCCCCCCC(=O)NOCc1ccccc1. The molecule has 4 nitrogen and oxygen atoms in total. The zero-order valence-electron chi connectivity index (χ0n) is 11.6. The van der Waals surface area contributed by atoms with Crippen LogP contribution in [-0.2, 0) is 16.2 Å². The van der Waals surface area contributed by atoms with E-state index < -0.39 is 0 Å². The van der Waals surface area contributed by atoms with E-state index in [1.807, 2.05) is 30.3 Å². The summed E-state index contributed by atoms with van der Waals surface area (Å²) in [6.07, 6.45) is 6.17. The molecule has 0 aliphatic rings. The molecule has 0 saturated heterocycles. The van der Waals surface area contributed by atoms with Gasteiger partial charge in [0.25, 0.3) is 0 Å². The third-order valence-electron chi connectivity index (χ3n) is 2.92. The molecule has 0 saturated carbocycles. The molecular formula is C15H25N2O2+. The summed E-state index contributed by atoms with van der Waals surface area (Å²) in [6.45, 7) is 1.42. The third kappa shape index (κ3) is 8.35. The van der Waals surface area contributed by atoms with Gasteiger partial charge in [0.2, 0.25) is 5.91 Å². The minimum Gasteiger partial charge on any atom is -0.358 e. The first kappa shape index (κ1) is 15.7. The minimum absolute atomic E-state index is 0.0342. The molecule has 1 aromatic carbocycles. The van der Waals surface area contributed by atoms with Gasteiger partial charge in [-0.25, -0.2) is 5.48 Å². The fraction of sp³-hybridized carbons (Fsp3) is 0.533. The van der Waals surface area contributed by atoms with Gasteiger partial charge in [0.05, 0.1) is 13.2 Å². The average molecular weight is 265 g/mol. The molecule has 0 fully saturated rings. The number of quaternary nitrogens is 1. The summed E-state index contributed by atoms with van der Waals surface area (Å²) in [5.41, 5.74) is 7.35. The van der Waals surface area contributed by atoms with Crippen LogP contribution in [0, 0.1) is 0 Å². The average Bonchev–Trinajstić information content (AvgIpc) is 2.44. The molecule has 0 aromatic heterocycles. The van der Waals surface area contributed by atoms with Crippen molar-refractivity contribution in [1.29, 1.82) is 0 Å². The second-order valence-electron chi connectivity index (χ2n) is 4.67. The molecule has 1 aromatic rings. The van der Waals surface area contributed by atoms with Gasteiger partial charge >= 0.3 is 0 Å². The zero-order chi connectivity index (χ0) is 13.8. The van der Waals surface area contributed by atoms with Crippen LogP contribution in [0.2, 0.25) is 0 Å². The maximum atomic E-state index is 11.5. The van der Waals surface area contributed by atoms with Crippen LogP contribution in [0.25, 0.3) is 0 Å². The number of benzene rings is 1. The Morgan fingerprint density at radius 3 is 2.47 bits per heavy atom. The molecule has 0 radical (unpaired) electrons. The number of rotatable bonds is 10. The zero-order valence-corrected chi connectivity index (χ0v) is 11.6. The summed E-state index contributed by atoms with van der Waals surface area (Å²) in [5, 5.41) is 0. The van der Waals surface area contributed by atoms with Crippen molar-refractivity contribution in [2.24, 2.45) is 0 Å². The fourth-order valence-corrected chi connectivity index (χ4v) is 1.82. The molecule has 106 valence electrons. The summed E-state index contributed by atoms with van der Waals surface area (Å²) in [7, 11) is 0. The number of unbranched alkanes of at least 4 members (excludes halogenated alkanes) is 4. The van der Waals surface area contributed by atoms with Crippen molar-refractivity contribution in [3.63, 3.8) is 0 Å². The number of carbonyl (C=O) groups excluding carboxylic acids is 1. The Morgan fingerprint density at radius 2 is 1.74 bits per heavy atom. The van der Waals surface area contributed by atoms with Gasteiger partial charge in [0.1, 0.15) is 0 Å². The van der Waals surface area contributed by atoms with Gasteiger partial charge in [-0.1, -0.05) is 43.2 Å². The molecule has 0 heterocycles. The van der Waals surface area contributed by atoms with E-state index in [4.69, 9.17) is 4.84 Å². The molecule has 0 aliphatic heterocycles. The molecule has 0 spiro atoms. The Kier molecular flexibility index (Phi) is 8.68. The molecule has 4 heteroatoms. The lowest BCUT2D eigenvalue weighted by molar-refractivity contribution is -0.368. The molecule has 0 unspecified atom stereocenters. The van der Waals surface area contributed by atoms with E-state index >= 15 is 0 Å². The van der Waals surface area contributed by atoms with Crippen LogP contribution in [0.15, 0.2) is 30.3 Å². The highest BCUT2D eigenvalue weighted by Crippen LogP contribution is 2.04.